The highest BCUT2D eigenvalue weighted by atomic mass is 16.2. The molecule has 0 bridgehead atoms. The van der Waals surface area contributed by atoms with Crippen LogP contribution in [0.2, 0.25) is 0 Å². The van der Waals surface area contributed by atoms with Gasteiger partial charge in [-0.2, -0.15) is 0 Å². The highest BCUT2D eigenvalue weighted by molar-refractivity contribution is 5.74. The fourth-order valence-corrected chi connectivity index (χ4v) is 3.68. The molecule has 2 amide bonds. The maximum atomic E-state index is 12.4. The summed E-state index contributed by atoms with van der Waals surface area (Å²) in [5.41, 5.74) is 8.27. The topological polar surface area (TPSA) is 73.6 Å². The Balaban J connectivity index is 1.47. The van der Waals surface area contributed by atoms with Crippen LogP contribution in [-0.2, 0) is 13.1 Å². The van der Waals surface area contributed by atoms with E-state index in [-0.39, 0.29) is 12.1 Å². The molecule has 0 radical (unpaired) electrons. The Morgan fingerprint density at radius 1 is 1.12 bits per heavy atom. The van der Waals surface area contributed by atoms with Crippen LogP contribution in [0.1, 0.15) is 30.4 Å². The standard InChI is InChI=1S/C19H31N5O/c20-13-18-3-1-2-10-24(18)19(25)22-14-16-4-6-17(7-5-16)15-23-11-8-21-9-12-23/h4-7,18,21H,1-3,8-15,20H2,(H,22,25)/t18-/m0/s1. The van der Waals surface area contributed by atoms with Gasteiger partial charge in [0.2, 0.25) is 0 Å². The number of amides is 2. The van der Waals surface area contributed by atoms with Crippen molar-refractivity contribution in [1.82, 2.24) is 20.4 Å². The molecule has 0 unspecified atom stereocenters. The second-order valence-electron chi connectivity index (χ2n) is 7.08. The summed E-state index contributed by atoms with van der Waals surface area (Å²) >= 11 is 0. The van der Waals surface area contributed by atoms with Gasteiger partial charge in [0.1, 0.15) is 0 Å². The molecular formula is C19H31N5O. The molecule has 0 aliphatic carbocycles. The lowest BCUT2D eigenvalue weighted by molar-refractivity contribution is 0.153. The maximum absolute atomic E-state index is 12.4. The summed E-state index contributed by atoms with van der Waals surface area (Å²) in [5, 5.41) is 6.42. The second-order valence-corrected chi connectivity index (χ2v) is 7.08. The number of urea groups is 1. The van der Waals surface area contributed by atoms with E-state index >= 15 is 0 Å². The molecule has 2 fully saturated rings. The van der Waals surface area contributed by atoms with Crippen LogP contribution in [-0.4, -0.2) is 61.1 Å². The third kappa shape index (κ3) is 5.17. The molecule has 1 aromatic rings. The molecule has 0 saturated carbocycles. The van der Waals surface area contributed by atoms with E-state index in [0.717, 1.165) is 57.7 Å². The highest BCUT2D eigenvalue weighted by Crippen LogP contribution is 2.16. The number of benzene rings is 1. The van der Waals surface area contributed by atoms with Crippen LogP contribution in [0.4, 0.5) is 4.79 Å². The van der Waals surface area contributed by atoms with E-state index in [9.17, 15) is 4.79 Å². The number of carbonyl (C=O) groups excluding carboxylic acids is 1. The molecule has 6 heteroatoms. The van der Waals surface area contributed by atoms with Crippen LogP contribution >= 0.6 is 0 Å². The minimum absolute atomic E-state index is 0.0139. The summed E-state index contributed by atoms with van der Waals surface area (Å²) in [5.74, 6) is 0. The Hall–Kier alpha value is -1.63. The maximum Gasteiger partial charge on any atom is 0.317 e. The first-order valence-electron chi connectivity index (χ1n) is 9.51. The van der Waals surface area contributed by atoms with Crippen molar-refractivity contribution in [3.63, 3.8) is 0 Å². The van der Waals surface area contributed by atoms with E-state index in [2.05, 4.69) is 39.8 Å². The normalized spacial score (nSPS) is 22.0. The first kappa shape index (κ1) is 18.2. The van der Waals surface area contributed by atoms with E-state index in [1.807, 2.05) is 4.90 Å². The quantitative estimate of drug-likeness (QED) is 0.748. The third-order valence-electron chi connectivity index (χ3n) is 5.24. The summed E-state index contributed by atoms with van der Waals surface area (Å²) in [7, 11) is 0. The second kappa shape index (κ2) is 9.17. The van der Waals surface area contributed by atoms with E-state index in [1.165, 1.54) is 12.0 Å². The van der Waals surface area contributed by atoms with Crippen molar-refractivity contribution in [1.29, 1.82) is 0 Å². The molecule has 4 N–H and O–H groups in total. The van der Waals surface area contributed by atoms with Gasteiger partial charge in [-0.25, -0.2) is 4.79 Å². The fraction of sp³-hybridized carbons (Fsp3) is 0.632. The smallest absolute Gasteiger partial charge is 0.317 e. The molecule has 138 valence electrons. The Bertz CT molecular complexity index is 541. The van der Waals surface area contributed by atoms with Crippen molar-refractivity contribution in [2.45, 2.75) is 38.4 Å². The van der Waals surface area contributed by atoms with Gasteiger partial charge in [0.05, 0.1) is 0 Å². The monoisotopic (exact) mass is 345 g/mol. The van der Waals surface area contributed by atoms with Gasteiger partial charge in [0.15, 0.2) is 0 Å². The van der Waals surface area contributed by atoms with Crippen molar-refractivity contribution in [3.8, 4) is 0 Å². The number of hydrogen-bond donors (Lipinski definition) is 3. The Morgan fingerprint density at radius 3 is 2.56 bits per heavy atom. The molecule has 2 saturated heterocycles. The average molecular weight is 345 g/mol. The van der Waals surface area contributed by atoms with Gasteiger partial charge in [0, 0.05) is 58.4 Å². The lowest BCUT2D eigenvalue weighted by Gasteiger charge is -2.35. The molecule has 2 aliphatic heterocycles. The molecule has 0 aromatic heterocycles. The highest BCUT2D eigenvalue weighted by Gasteiger charge is 2.25. The van der Waals surface area contributed by atoms with Gasteiger partial charge in [-0.3, -0.25) is 4.90 Å². The van der Waals surface area contributed by atoms with Crippen LogP contribution in [0.25, 0.3) is 0 Å². The molecule has 1 aromatic carbocycles. The molecule has 25 heavy (non-hydrogen) atoms. The number of hydrogen-bond acceptors (Lipinski definition) is 4. The Morgan fingerprint density at radius 2 is 1.84 bits per heavy atom. The van der Waals surface area contributed by atoms with Crippen molar-refractivity contribution in [2.75, 3.05) is 39.3 Å². The third-order valence-corrected chi connectivity index (χ3v) is 5.24. The predicted octanol–water partition coefficient (Wildman–Crippen LogP) is 1.11. The molecule has 1 atom stereocenters. The molecular weight excluding hydrogens is 314 g/mol. The zero-order chi connectivity index (χ0) is 17.5. The van der Waals surface area contributed by atoms with Crippen LogP contribution in [0, 0.1) is 0 Å². The van der Waals surface area contributed by atoms with E-state index in [1.54, 1.807) is 0 Å². The van der Waals surface area contributed by atoms with Crippen molar-refractivity contribution >= 4 is 6.03 Å². The summed E-state index contributed by atoms with van der Waals surface area (Å²) < 4.78 is 0. The predicted molar refractivity (Wildman–Crippen MR) is 100 cm³/mol. The SMILES string of the molecule is NC[C@@H]1CCCCN1C(=O)NCc1ccc(CN2CCNCC2)cc1. The zero-order valence-corrected chi connectivity index (χ0v) is 15.0. The summed E-state index contributed by atoms with van der Waals surface area (Å²) in [6.07, 6.45) is 3.26. The van der Waals surface area contributed by atoms with E-state index in [0.29, 0.717) is 13.1 Å². The average Bonchev–Trinajstić information content (AvgIpc) is 2.68. The van der Waals surface area contributed by atoms with Crippen LogP contribution in [0.5, 0.6) is 0 Å². The Labute approximate surface area is 150 Å². The van der Waals surface area contributed by atoms with Gasteiger partial charge in [0.25, 0.3) is 0 Å². The Kier molecular flexibility index (Phi) is 6.67. The van der Waals surface area contributed by atoms with Gasteiger partial charge < -0.3 is 21.3 Å². The largest absolute Gasteiger partial charge is 0.334 e. The molecule has 2 heterocycles. The lowest BCUT2D eigenvalue weighted by atomic mass is 10.0. The van der Waals surface area contributed by atoms with E-state index in [4.69, 9.17) is 5.73 Å². The number of nitrogens with zero attached hydrogens (tertiary/aromatic N) is 2. The summed E-state index contributed by atoms with van der Waals surface area (Å²) in [4.78, 5) is 16.8. The number of piperazine rings is 1. The van der Waals surface area contributed by atoms with Crippen LogP contribution < -0.4 is 16.4 Å². The minimum atomic E-state index is 0.0139. The number of piperidine rings is 1. The first-order chi connectivity index (χ1) is 12.3. The van der Waals surface area contributed by atoms with E-state index < -0.39 is 0 Å². The summed E-state index contributed by atoms with van der Waals surface area (Å²) in [6, 6.07) is 8.79. The van der Waals surface area contributed by atoms with Crippen molar-refractivity contribution < 1.29 is 4.79 Å². The van der Waals surface area contributed by atoms with Gasteiger partial charge in [-0.15, -0.1) is 0 Å². The molecule has 0 spiro atoms. The molecule has 6 nitrogen and oxygen atoms in total. The van der Waals surface area contributed by atoms with Crippen LogP contribution in [0.15, 0.2) is 24.3 Å². The van der Waals surface area contributed by atoms with Crippen LogP contribution in [0.3, 0.4) is 0 Å². The summed E-state index contributed by atoms with van der Waals surface area (Å²) in [6.45, 7) is 7.30. The van der Waals surface area contributed by atoms with Gasteiger partial charge in [-0.05, 0) is 30.4 Å². The number of nitrogens with two attached hydrogens (primary N) is 1. The van der Waals surface area contributed by atoms with Crippen molar-refractivity contribution in [2.24, 2.45) is 5.73 Å². The number of rotatable bonds is 5. The lowest BCUT2D eigenvalue weighted by Crippen LogP contribution is -2.51. The number of carbonyl (C=O) groups is 1. The number of likely N-dealkylation sites (tertiary alicyclic amines) is 1. The zero-order valence-electron chi connectivity index (χ0n) is 15.0. The number of nitrogens with one attached hydrogen (secondary N) is 2. The van der Waals surface area contributed by atoms with Gasteiger partial charge >= 0.3 is 6.03 Å². The van der Waals surface area contributed by atoms with Gasteiger partial charge in [-0.1, -0.05) is 24.3 Å². The molecule has 2 aliphatic rings. The first-order valence-corrected chi connectivity index (χ1v) is 9.51. The molecule has 3 rings (SSSR count). The fourth-order valence-electron chi connectivity index (χ4n) is 3.68. The minimum Gasteiger partial charge on any atom is -0.334 e. The van der Waals surface area contributed by atoms with Crippen molar-refractivity contribution in [3.05, 3.63) is 35.4 Å².